The SMILES string of the molecule is Cc1cc(N2C(=O)[C@H]3[C@H](CC=C[C@@H]3C)C2=O)no1. The van der Waals surface area contributed by atoms with Crippen LogP contribution in [0.1, 0.15) is 19.1 Å². The van der Waals surface area contributed by atoms with Crippen LogP contribution in [0.15, 0.2) is 22.7 Å². The molecule has 18 heavy (non-hydrogen) atoms. The largest absolute Gasteiger partial charge is 0.360 e. The number of anilines is 1. The maximum atomic E-state index is 12.4. The van der Waals surface area contributed by atoms with Crippen molar-refractivity contribution in [2.45, 2.75) is 20.3 Å². The minimum absolute atomic E-state index is 0.0956. The first-order valence-corrected chi connectivity index (χ1v) is 6.07. The Bertz CT molecular complexity index is 546. The van der Waals surface area contributed by atoms with E-state index in [1.807, 2.05) is 19.1 Å². The van der Waals surface area contributed by atoms with Crippen molar-refractivity contribution in [2.75, 3.05) is 4.90 Å². The molecule has 94 valence electrons. The van der Waals surface area contributed by atoms with Crippen LogP contribution in [0.3, 0.4) is 0 Å². The van der Waals surface area contributed by atoms with Gasteiger partial charge in [-0.1, -0.05) is 24.2 Å². The zero-order valence-electron chi connectivity index (χ0n) is 10.3. The number of carbonyl (C=O) groups excluding carboxylic acids is 2. The molecule has 1 saturated heterocycles. The zero-order chi connectivity index (χ0) is 12.9. The number of imide groups is 1. The van der Waals surface area contributed by atoms with Gasteiger partial charge in [0.1, 0.15) is 5.76 Å². The summed E-state index contributed by atoms with van der Waals surface area (Å²) in [4.78, 5) is 25.8. The Hall–Kier alpha value is -1.91. The van der Waals surface area contributed by atoms with Gasteiger partial charge in [-0.15, -0.1) is 0 Å². The lowest BCUT2D eigenvalue weighted by Gasteiger charge is -2.22. The Balaban J connectivity index is 1.99. The number of aromatic nitrogens is 1. The predicted molar refractivity (Wildman–Crippen MR) is 63.6 cm³/mol. The summed E-state index contributed by atoms with van der Waals surface area (Å²) < 4.78 is 4.94. The van der Waals surface area contributed by atoms with Crippen molar-refractivity contribution in [3.8, 4) is 0 Å². The van der Waals surface area contributed by atoms with E-state index in [9.17, 15) is 9.59 Å². The van der Waals surface area contributed by atoms with Crippen LogP contribution in [0, 0.1) is 24.7 Å². The van der Waals surface area contributed by atoms with E-state index < -0.39 is 0 Å². The number of carbonyl (C=O) groups is 2. The highest BCUT2D eigenvalue weighted by atomic mass is 16.5. The second-order valence-electron chi connectivity index (χ2n) is 4.96. The molecule has 0 bridgehead atoms. The van der Waals surface area contributed by atoms with Crippen LogP contribution >= 0.6 is 0 Å². The van der Waals surface area contributed by atoms with Crippen LogP contribution in [-0.2, 0) is 9.59 Å². The third-order valence-electron chi connectivity index (χ3n) is 3.72. The number of hydrogen-bond donors (Lipinski definition) is 0. The third-order valence-corrected chi connectivity index (χ3v) is 3.72. The second kappa shape index (κ2) is 3.80. The van der Waals surface area contributed by atoms with Gasteiger partial charge in [-0.05, 0) is 19.3 Å². The van der Waals surface area contributed by atoms with E-state index in [1.54, 1.807) is 13.0 Å². The van der Waals surface area contributed by atoms with Gasteiger partial charge < -0.3 is 4.52 Å². The van der Waals surface area contributed by atoms with Crippen molar-refractivity contribution in [2.24, 2.45) is 17.8 Å². The van der Waals surface area contributed by atoms with Crippen LogP contribution in [-0.4, -0.2) is 17.0 Å². The molecule has 1 aliphatic heterocycles. The Morgan fingerprint density at radius 1 is 1.39 bits per heavy atom. The van der Waals surface area contributed by atoms with Crippen molar-refractivity contribution < 1.29 is 14.1 Å². The number of fused-ring (bicyclic) bond motifs is 1. The molecule has 2 heterocycles. The van der Waals surface area contributed by atoms with Crippen LogP contribution in [0.2, 0.25) is 0 Å². The average molecular weight is 246 g/mol. The molecule has 0 saturated carbocycles. The fourth-order valence-electron chi connectivity index (χ4n) is 2.83. The number of aryl methyl sites for hydroxylation is 1. The number of nitrogens with zero attached hydrogens (tertiary/aromatic N) is 2. The second-order valence-corrected chi connectivity index (χ2v) is 4.96. The smallest absolute Gasteiger partial charge is 0.239 e. The molecule has 1 fully saturated rings. The van der Waals surface area contributed by atoms with Crippen molar-refractivity contribution in [3.05, 3.63) is 24.0 Å². The normalized spacial score (nSPS) is 31.0. The highest BCUT2D eigenvalue weighted by Gasteiger charge is 2.51. The summed E-state index contributed by atoms with van der Waals surface area (Å²) in [7, 11) is 0. The molecule has 0 unspecified atom stereocenters. The molecule has 3 rings (SSSR count). The van der Waals surface area contributed by atoms with E-state index in [1.165, 1.54) is 4.90 Å². The third kappa shape index (κ3) is 1.43. The first-order chi connectivity index (χ1) is 8.59. The zero-order valence-corrected chi connectivity index (χ0v) is 10.3. The van der Waals surface area contributed by atoms with Gasteiger partial charge in [0.05, 0.1) is 11.8 Å². The quantitative estimate of drug-likeness (QED) is 0.558. The van der Waals surface area contributed by atoms with Gasteiger partial charge in [-0.2, -0.15) is 0 Å². The summed E-state index contributed by atoms with van der Waals surface area (Å²) in [6.07, 6.45) is 4.62. The molecule has 1 aliphatic carbocycles. The Kier molecular flexibility index (Phi) is 2.36. The van der Waals surface area contributed by atoms with Gasteiger partial charge >= 0.3 is 0 Å². The molecule has 3 atom stereocenters. The molecule has 0 spiro atoms. The summed E-state index contributed by atoms with van der Waals surface area (Å²) >= 11 is 0. The van der Waals surface area contributed by atoms with Crippen molar-refractivity contribution >= 4 is 17.6 Å². The molecule has 0 aromatic carbocycles. The molecule has 5 nitrogen and oxygen atoms in total. The predicted octanol–water partition coefficient (Wildman–Crippen LogP) is 1.68. The van der Waals surface area contributed by atoms with E-state index in [0.717, 1.165) is 0 Å². The van der Waals surface area contributed by atoms with Gasteiger partial charge in [-0.25, -0.2) is 4.90 Å². The van der Waals surface area contributed by atoms with Gasteiger partial charge in [0.25, 0.3) is 0 Å². The average Bonchev–Trinajstić information content (AvgIpc) is 2.84. The molecule has 0 N–H and O–H groups in total. The Morgan fingerprint density at radius 2 is 2.17 bits per heavy atom. The molecule has 1 aromatic rings. The summed E-state index contributed by atoms with van der Waals surface area (Å²) in [5.41, 5.74) is 0. The summed E-state index contributed by atoms with van der Waals surface area (Å²) in [6.45, 7) is 3.70. The minimum Gasteiger partial charge on any atom is -0.360 e. The van der Waals surface area contributed by atoms with Gasteiger partial charge in [0.15, 0.2) is 5.82 Å². The van der Waals surface area contributed by atoms with E-state index in [0.29, 0.717) is 18.0 Å². The summed E-state index contributed by atoms with van der Waals surface area (Å²) in [5.74, 6) is 0.188. The molecule has 5 heteroatoms. The Labute approximate surface area is 104 Å². The molecule has 0 radical (unpaired) electrons. The molecule has 1 aromatic heterocycles. The monoisotopic (exact) mass is 246 g/mol. The first kappa shape index (κ1) is 11.2. The highest BCUT2D eigenvalue weighted by Crippen LogP contribution is 2.40. The summed E-state index contributed by atoms with van der Waals surface area (Å²) in [6, 6.07) is 1.62. The number of allylic oxidation sites excluding steroid dienone is 2. The lowest BCUT2D eigenvalue weighted by atomic mass is 9.78. The summed E-state index contributed by atoms with van der Waals surface area (Å²) in [5, 5.41) is 3.77. The maximum absolute atomic E-state index is 12.4. The molecular weight excluding hydrogens is 232 g/mol. The van der Waals surface area contributed by atoms with E-state index in [4.69, 9.17) is 4.52 Å². The highest BCUT2D eigenvalue weighted by molar-refractivity contribution is 6.21. The van der Waals surface area contributed by atoms with E-state index >= 15 is 0 Å². The van der Waals surface area contributed by atoms with Crippen LogP contribution in [0.25, 0.3) is 0 Å². The topological polar surface area (TPSA) is 63.4 Å². The lowest BCUT2D eigenvalue weighted by molar-refractivity contribution is -0.122. The van der Waals surface area contributed by atoms with Crippen molar-refractivity contribution in [1.29, 1.82) is 0 Å². The van der Waals surface area contributed by atoms with Crippen molar-refractivity contribution in [1.82, 2.24) is 5.16 Å². The fraction of sp³-hybridized carbons (Fsp3) is 0.462. The van der Waals surface area contributed by atoms with Crippen LogP contribution < -0.4 is 4.90 Å². The first-order valence-electron chi connectivity index (χ1n) is 6.07. The minimum atomic E-state index is -0.250. The number of hydrogen-bond acceptors (Lipinski definition) is 4. The molecular formula is C13H14N2O3. The Morgan fingerprint density at radius 3 is 2.78 bits per heavy atom. The van der Waals surface area contributed by atoms with Crippen molar-refractivity contribution in [3.63, 3.8) is 0 Å². The number of amides is 2. The molecule has 2 amide bonds. The van der Waals surface area contributed by atoms with Gasteiger partial charge in [0, 0.05) is 6.07 Å². The van der Waals surface area contributed by atoms with Gasteiger partial charge in [0.2, 0.25) is 11.8 Å². The standard InChI is InChI=1S/C13H14N2O3/c1-7-4-3-5-9-11(7)13(17)15(12(9)16)10-6-8(2)18-14-10/h3-4,6-7,9,11H,5H2,1-2H3/t7-,9-,11+/m0/s1. The molecule has 2 aliphatic rings. The van der Waals surface area contributed by atoms with Crippen LogP contribution in [0.5, 0.6) is 0 Å². The van der Waals surface area contributed by atoms with Crippen LogP contribution in [0.4, 0.5) is 5.82 Å². The van der Waals surface area contributed by atoms with E-state index in [2.05, 4.69) is 5.16 Å². The number of rotatable bonds is 1. The van der Waals surface area contributed by atoms with Gasteiger partial charge in [-0.3, -0.25) is 9.59 Å². The fourth-order valence-corrected chi connectivity index (χ4v) is 2.83. The maximum Gasteiger partial charge on any atom is 0.239 e. The lowest BCUT2D eigenvalue weighted by Crippen LogP contribution is -2.31. The van der Waals surface area contributed by atoms with E-state index in [-0.39, 0.29) is 29.6 Å².